The van der Waals surface area contributed by atoms with Crippen LogP contribution in [-0.4, -0.2) is 32.2 Å². The molecule has 0 saturated carbocycles. The van der Waals surface area contributed by atoms with Crippen LogP contribution in [0.1, 0.15) is 24.4 Å². The Hall–Kier alpha value is -3.94. The third kappa shape index (κ3) is 4.18. The fourth-order valence-electron chi connectivity index (χ4n) is 3.46. The van der Waals surface area contributed by atoms with Crippen molar-refractivity contribution in [3.8, 4) is 17.0 Å². The Balaban J connectivity index is 1.55. The summed E-state index contributed by atoms with van der Waals surface area (Å²) < 4.78 is 7.73. The second kappa shape index (κ2) is 8.43. The summed E-state index contributed by atoms with van der Waals surface area (Å²) in [4.78, 5) is 29.9. The Kier molecular flexibility index (Phi) is 5.53. The third-order valence-corrected chi connectivity index (χ3v) is 5.09. The van der Waals surface area contributed by atoms with Crippen LogP contribution in [0, 0.1) is 6.92 Å². The van der Waals surface area contributed by atoms with Gasteiger partial charge >= 0.3 is 5.69 Å². The predicted molar refractivity (Wildman–Crippen MR) is 117 cm³/mol. The zero-order chi connectivity index (χ0) is 22.0. The molecule has 2 aromatic heterocycles. The van der Waals surface area contributed by atoms with Crippen molar-refractivity contribution in [2.45, 2.75) is 26.4 Å². The average Bonchev–Trinajstić information content (AvgIpc) is 3.09. The number of fused-ring (bicyclic) bond motifs is 1. The summed E-state index contributed by atoms with van der Waals surface area (Å²) in [5.41, 5.74) is 2.64. The number of carbonyl (C=O) groups is 1. The van der Waals surface area contributed by atoms with E-state index in [-0.39, 0.29) is 18.5 Å². The second-order valence-electron chi connectivity index (χ2n) is 7.25. The number of nitrogens with zero attached hydrogens (tertiary/aromatic N) is 4. The first-order valence-electron chi connectivity index (χ1n) is 9.92. The highest BCUT2D eigenvalue weighted by Gasteiger charge is 2.16. The van der Waals surface area contributed by atoms with E-state index in [1.165, 1.54) is 4.40 Å². The number of ether oxygens (including phenoxy) is 1. The van der Waals surface area contributed by atoms with Crippen molar-refractivity contribution in [3.63, 3.8) is 0 Å². The van der Waals surface area contributed by atoms with Crippen molar-refractivity contribution in [1.82, 2.24) is 24.5 Å². The molecule has 4 aromatic rings. The highest BCUT2D eigenvalue weighted by molar-refractivity contribution is 5.76. The summed E-state index contributed by atoms with van der Waals surface area (Å²) in [6.07, 6.45) is 0. The zero-order valence-electron chi connectivity index (χ0n) is 17.6. The van der Waals surface area contributed by atoms with Crippen LogP contribution in [0.3, 0.4) is 0 Å². The summed E-state index contributed by atoms with van der Waals surface area (Å²) >= 11 is 0. The summed E-state index contributed by atoms with van der Waals surface area (Å²) in [5, 5.41) is 7.25. The number of benzene rings is 2. The first-order chi connectivity index (χ1) is 15.0. The van der Waals surface area contributed by atoms with Crippen LogP contribution in [0.4, 0.5) is 0 Å². The molecule has 0 saturated heterocycles. The molecule has 0 bridgehead atoms. The van der Waals surface area contributed by atoms with Gasteiger partial charge < -0.3 is 10.1 Å². The number of aromatic nitrogens is 4. The molecule has 2 heterocycles. The van der Waals surface area contributed by atoms with Crippen LogP contribution in [0.25, 0.3) is 16.9 Å². The quantitative estimate of drug-likeness (QED) is 0.521. The van der Waals surface area contributed by atoms with E-state index in [0.29, 0.717) is 11.5 Å². The maximum atomic E-state index is 12.8. The van der Waals surface area contributed by atoms with Crippen LogP contribution in [-0.2, 0) is 11.3 Å². The van der Waals surface area contributed by atoms with E-state index in [2.05, 4.69) is 15.4 Å². The Morgan fingerprint density at radius 1 is 1.13 bits per heavy atom. The van der Waals surface area contributed by atoms with Crippen LogP contribution < -0.4 is 15.7 Å². The van der Waals surface area contributed by atoms with Gasteiger partial charge in [0.2, 0.25) is 5.91 Å². The van der Waals surface area contributed by atoms with Crippen LogP contribution in [0.2, 0.25) is 0 Å². The fraction of sp³-hybridized carbons (Fsp3) is 0.217. The maximum Gasteiger partial charge on any atom is 0.352 e. The SMILES string of the molecule is COc1ccc(C(C)NC(=O)Cn2nc3cc(-c4ccccc4)nc(C)n3c2=O)cc1. The molecule has 0 fully saturated rings. The maximum absolute atomic E-state index is 12.8. The van der Waals surface area contributed by atoms with Gasteiger partial charge in [-0.3, -0.25) is 4.79 Å². The lowest BCUT2D eigenvalue weighted by Crippen LogP contribution is -2.34. The average molecular weight is 417 g/mol. The zero-order valence-corrected chi connectivity index (χ0v) is 17.6. The number of hydrogen-bond donors (Lipinski definition) is 1. The third-order valence-electron chi connectivity index (χ3n) is 5.09. The molecular formula is C23H23N5O3. The first kappa shape index (κ1) is 20.3. The van der Waals surface area contributed by atoms with Gasteiger partial charge in [-0.05, 0) is 31.5 Å². The second-order valence-corrected chi connectivity index (χ2v) is 7.25. The molecular weight excluding hydrogens is 394 g/mol. The van der Waals surface area contributed by atoms with Crippen molar-refractivity contribution < 1.29 is 9.53 Å². The van der Waals surface area contributed by atoms with Gasteiger partial charge in [0.05, 0.1) is 18.8 Å². The fourth-order valence-corrected chi connectivity index (χ4v) is 3.46. The van der Waals surface area contributed by atoms with Crippen molar-refractivity contribution in [1.29, 1.82) is 0 Å². The largest absolute Gasteiger partial charge is 0.497 e. The van der Waals surface area contributed by atoms with Crippen molar-refractivity contribution in [2.24, 2.45) is 0 Å². The smallest absolute Gasteiger partial charge is 0.352 e. The molecule has 0 aliphatic carbocycles. The van der Waals surface area contributed by atoms with E-state index >= 15 is 0 Å². The number of hydrogen-bond acceptors (Lipinski definition) is 5. The van der Waals surface area contributed by atoms with Gasteiger partial charge in [0.1, 0.15) is 18.1 Å². The molecule has 1 N–H and O–H groups in total. The highest BCUT2D eigenvalue weighted by atomic mass is 16.5. The Labute approximate surface area is 179 Å². The van der Waals surface area contributed by atoms with E-state index in [0.717, 1.165) is 27.3 Å². The molecule has 1 amide bonds. The minimum atomic E-state index is -0.396. The number of nitrogens with one attached hydrogen (secondary N) is 1. The summed E-state index contributed by atoms with van der Waals surface area (Å²) in [6.45, 7) is 3.45. The van der Waals surface area contributed by atoms with E-state index in [9.17, 15) is 9.59 Å². The number of aryl methyl sites for hydroxylation is 1. The van der Waals surface area contributed by atoms with Gasteiger partial charge in [0.25, 0.3) is 0 Å². The Morgan fingerprint density at radius 3 is 2.52 bits per heavy atom. The van der Waals surface area contributed by atoms with Crippen LogP contribution in [0.5, 0.6) is 5.75 Å². The first-order valence-corrected chi connectivity index (χ1v) is 9.92. The highest BCUT2D eigenvalue weighted by Crippen LogP contribution is 2.19. The molecule has 4 rings (SSSR count). The molecule has 0 aliphatic heterocycles. The molecule has 1 unspecified atom stereocenters. The molecule has 0 aliphatic rings. The van der Waals surface area contributed by atoms with Gasteiger partial charge in [-0.1, -0.05) is 42.5 Å². The molecule has 0 spiro atoms. The predicted octanol–water partition coefficient (Wildman–Crippen LogP) is 2.75. The lowest BCUT2D eigenvalue weighted by atomic mass is 10.1. The summed E-state index contributed by atoms with van der Waals surface area (Å²) in [5.74, 6) is 0.958. The number of methoxy groups -OCH3 is 1. The van der Waals surface area contributed by atoms with E-state index in [4.69, 9.17) is 4.74 Å². The number of amides is 1. The molecule has 8 nitrogen and oxygen atoms in total. The number of carbonyl (C=O) groups excluding carboxylic acids is 1. The Bertz CT molecular complexity index is 1280. The van der Waals surface area contributed by atoms with Crippen molar-refractivity contribution in [3.05, 3.63) is 82.5 Å². The molecule has 1 atom stereocenters. The standard InChI is InChI=1S/C23H23N5O3/c1-15(17-9-11-19(31-3)12-10-17)24-22(29)14-27-23(30)28-16(2)25-20(13-21(28)26-27)18-7-5-4-6-8-18/h4-13,15H,14H2,1-3H3,(H,24,29). The van der Waals surface area contributed by atoms with Crippen molar-refractivity contribution >= 4 is 11.6 Å². The summed E-state index contributed by atoms with van der Waals surface area (Å²) in [7, 11) is 1.60. The minimum Gasteiger partial charge on any atom is -0.497 e. The molecule has 2 aromatic carbocycles. The monoisotopic (exact) mass is 417 g/mol. The normalized spacial score (nSPS) is 12.0. The molecule has 158 valence electrons. The van der Waals surface area contributed by atoms with Gasteiger partial charge in [-0.2, -0.15) is 0 Å². The minimum absolute atomic E-state index is 0.179. The van der Waals surface area contributed by atoms with Crippen LogP contribution in [0.15, 0.2) is 65.5 Å². The van der Waals surface area contributed by atoms with E-state index in [1.54, 1.807) is 20.1 Å². The van der Waals surface area contributed by atoms with E-state index in [1.807, 2.05) is 61.5 Å². The van der Waals surface area contributed by atoms with E-state index < -0.39 is 5.69 Å². The van der Waals surface area contributed by atoms with Crippen molar-refractivity contribution in [2.75, 3.05) is 7.11 Å². The van der Waals surface area contributed by atoms with Gasteiger partial charge in [-0.15, -0.1) is 5.10 Å². The van der Waals surface area contributed by atoms with Crippen LogP contribution >= 0.6 is 0 Å². The molecule has 31 heavy (non-hydrogen) atoms. The summed E-state index contributed by atoms with van der Waals surface area (Å²) in [6, 6.07) is 18.7. The Morgan fingerprint density at radius 2 is 1.84 bits per heavy atom. The topological polar surface area (TPSA) is 90.5 Å². The van der Waals surface area contributed by atoms with Gasteiger partial charge in [-0.25, -0.2) is 18.9 Å². The van der Waals surface area contributed by atoms with Gasteiger partial charge in [0, 0.05) is 11.6 Å². The molecule has 0 radical (unpaired) electrons. The molecule has 8 heteroatoms. The lowest BCUT2D eigenvalue weighted by Gasteiger charge is -2.14. The lowest BCUT2D eigenvalue weighted by molar-refractivity contribution is -0.122. The number of rotatable bonds is 6. The van der Waals surface area contributed by atoms with Gasteiger partial charge in [0.15, 0.2) is 5.65 Å².